The van der Waals surface area contributed by atoms with E-state index in [-0.39, 0.29) is 29.8 Å². The molecule has 1 aliphatic carbocycles. The van der Waals surface area contributed by atoms with E-state index in [0.717, 1.165) is 25.3 Å². The molecule has 1 unspecified atom stereocenters. The van der Waals surface area contributed by atoms with Gasteiger partial charge in [0, 0.05) is 30.4 Å². The number of likely N-dealkylation sites (tertiary alicyclic amines) is 1. The number of anilines is 1. The van der Waals surface area contributed by atoms with Gasteiger partial charge in [0.25, 0.3) is 11.8 Å². The Balaban J connectivity index is 1.33. The zero-order valence-corrected chi connectivity index (χ0v) is 22.1. The van der Waals surface area contributed by atoms with Gasteiger partial charge in [-0.15, -0.1) is 10.2 Å². The molecule has 6 rings (SSSR count). The van der Waals surface area contributed by atoms with Crippen molar-refractivity contribution < 1.29 is 26.7 Å². The van der Waals surface area contributed by atoms with Crippen molar-refractivity contribution >= 4 is 11.6 Å². The van der Waals surface area contributed by atoms with Crippen LogP contribution >= 0.6 is 0 Å². The van der Waals surface area contributed by atoms with Gasteiger partial charge < -0.3 is 14.8 Å². The number of hydrogen-bond acceptors (Lipinski definition) is 5. The summed E-state index contributed by atoms with van der Waals surface area (Å²) in [5.74, 6) is -2.90. The van der Waals surface area contributed by atoms with Crippen LogP contribution in [0.4, 0.5) is 27.6 Å². The first kappa shape index (κ1) is 26.8. The van der Waals surface area contributed by atoms with Gasteiger partial charge in [0.15, 0.2) is 5.82 Å². The van der Waals surface area contributed by atoms with Crippen molar-refractivity contribution in [2.45, 2.75) is 63.0 Å². The summed E-state index contributed by atoms with van der Waals surface area (Å²) in [7, 11) is 1.71. The van der Waals surface area contributed by atoms with E-state index in [1.165, 1.54) is 11.2 Å². The third-order valence-corrected chi connectivity index (χ3v) is 8.31. The molecular formula is C28H29F5N6O. The molecule has 1 aromatic heterocycles. The average molecular weight is 561 g/mol. The highest BCUT2D eigenvalue weighted by Crippen LogP contribution is 2.42. The van der Waals surface area contributed by atoms with E-state index >= 15 is 0 Å². The minimum atomic E-state index is -4.63. The van der Waals surface area contributed by atoms with Crippen molar-refractivity contribution in [1.29, 1.82) is 0 Å². The molecule has 1 saturated heterocycles. The second-order valence-corrected chi connectivity index (χ2v) is 11.4. The maximum absolute atomic E-state index is 14.2. The maximum atomic E-state index is 14.2. The molecule has 2 aromatic carbocycles. The lowest BCUT2D eigenvalue weighted by Crippen LogP contribution is -2.57. The smallest absolute Gasteiger partial charge is 0.319 e. The number of hydrogen-bond donors (Lipinski definition) is 1. The molecule has 3 aliphatic rings. The quantitative estimate of drug-likeness (QED) is 0.409. The summed E-state index contributed by atoms with van der Waals surface area (Å²) in [5, 5.41) is 11.4. The van der Waals surface area contributed by atoms with Crippen LogP contribution in [-0.4, -0.2) is 50.1 Å². The topological polar surface area (TPSA) is 66.3 Å². The SMILES string of the molecule is Cn1cnnc1C(c1cccc(N2Cc3c(cc(CNC4(C)CCC4)cc3C(F)(F)F)C2=O)c1)N1CC(F)(F)C1. The van der Waals surface area contributed by atoms with E-state index in [1.807, 2.05) is 6.92 Å². The highest BCUT2D eigenvalue weighted by atomic mass is 19.4. The average Bonchev–Trinajstić information content (AvgIpc) is 3.43. The van der Waals surface area contributed by atoms with E-state index in [1.54, 1.807) is 46.8 Å². The molecule has 7 nitrogen and oxygen atoms in total. The van der Waals surface area contributed by atoms with E-state index in [4.69, 9.17) is 0 Å². The summed E-state index contributed by atoms with van der Waals surface area (Å²) in [6.07, 6.45) is -0.167. The van der Waals surface area contributed by atoms with Crippen molar-refractivity contribution in [1.82, 2.24) is 25.0 Å². The lowest BCUT2D eigenvalue weighted by atomic mass is 9.78. The number of carbonyl (C=O) groups excluding carboxylic acids is 1. The molecule has 3 heterocycles. The van der Waals surface area contributed by atoms with Crippen LogP contribution in [0.2, 0.25) is 0 Å². The Hall–Kier alpha value is -3.38. The van der Waals surface area contributed by atoms with E-state index in [0.29, 0.717) is 22.6 Å². The Morgan fingerprint density at radius 3 is 2.48 bits per heavy atom. The Morgan fingerprint density at radius 1 is 1.12 bits per heavy atom. The third kappa shape index (κ3) is 4.77. The zero-order valence-electron chi connectivity index (χ0n) is 22.1. The number of nitrogens with zero attached hydrogens (tertiary/aromatic N) is 5. The number of aryl methyl sites for hydroxylation is 1. The molecule has 12 heteroatoms. The van der Waals surface area contributed by atoms with Gasteiger partial charge >= 0.3 is 6.18 Å². The molecule has 0 spiro atoms. The summed E-state index contributed by atoms with van der Waals surface area (Å²) in [4.78, 5) is 16.4. The molecule has 40 heavy (non-hydrogen) atoms. The first-order chi connectivity index (χ1) is 18.8. The van der Waals surface area contributed by atoms with Crippen LogP contribution in [-0.2, 0) is 26.3 Å². The van der Waals surface area contributed by atoms with E-state index in [9.17, 15) is 26.7 Å². The summed E-state index contributed by atoms with van der Waals surface area (Å²) in [6, 6.07) is 8.72. The largest absolute Gasteiger partial charge is 0.416 e. The molecule has 1 saturated carbocycles. The van der Waals surface area contributed by atoms with Crippen molar-refractivity contribution in [3.63, 3.8) is 0 Å². The molecule has 2 fully saturated rings. The van der Waals surface area contributed by atoms with Crippen LogP contribution in [0.3, 0.4) is 0 Å². The number of carbonyl (C=O) groups is 1. The molecule has 1 N–H and O–H groups in total. The van der Waals surface area contributed by atoms with E-state index < -0.39 is 42.7 Å². The van der Waals surface area contributed by atoms with Crippen molar-refractivity contribution in [2.24, 2.45) is 7.05 Å². The minimum Gasteiger partial charge on any atom is -0.319 e. The fourth-order valence-corrected chi connectivity index (χ4v) is 5.89. The van der Waals surface area contributed by atoms with Crippen LogP contribution < -0.4 is 10.2 Å². The Labute approximate surface area is 228 Å². The molecule has 1 atom stereocenters. The first-order valence-electron chi connectivity index (χ1n) is 13.2. The molecular weight excluding hydrogens is 531 g/mol. The van der Waals surface area contributed by atoms with Gasteiger partial charge in [0.1, 0.15) is 6.33 Å². The van der Waals surface area contributed by atoms with Gasteiger partial charge in [0.2, 0.25) is 0 Å². The predicted octanol–water partition coefficient (Wildman–Crippen LogP) is 5.07. The summed E-state index contributed by atoms with van der Waals surface area (Å²) in [6.45, 7) is 1.11. The van der Waals surface area contributed by atoms with Gasteiger partial charge in [-0.1, -0.05) is 12.1 Å². The predicted molar refractivity (Wildman–Crippen MR) is 137 cm³/mol. The number of fused-ring (bicyclic) bond motifs is 1. The normalized spacial score (nSPS) is 20.7. The minimum absolute atomic E-state index is 0.0306. The molecule has 1 amide bonds. The van der Waals surface area contributed by atoms with Gasteiger partial charge in [-0.25, -0.2) is 8.78 Å². The summed E-state index contributed by atoms with van der Waals surface area (Å²) < 4.78 is 71.7. The van der Waals surface area contributed by atoms with Crippen molar-refractivity contribution in [3.8, 4) is 0 Å². The Bertz CT molecular complexity index is 1460. The van der Waals surface area contributed by atoms with E-state index in [2.05, 4.69) is 15.5 Å². The third-order valence-electron chi connectivity index (χ3n) is 8.31. The van der Waals surface area contributed by atoms with Gasteiger partial charge in [0.05, 0.1) is 31.2 Å². The number of rotatable bonds is 7. The highest BCUT2D eigenvalue weighted by Gasteiger charge is 2.48. The van der Waals surface area contributed by atoms with Gasteiger partial charge in [-0.2, -0.15) is 13.2 Å². The van der Waals surface area contributed by atoms with Crippen molar-refractivity contribution in [2.75, 3.05) is 18.0 Å². The lowest BCUT2D eigenvalue weighted by Gasteiger charge is -2.43. The van der Waals surface area contributed by atoms with Crippen LogP contribution in [0.15, 0.2) is 42.7 Å². The standard InChI is InChI=1S/C28H29F5N6O/c1-26(7-4-8-26)34-12-17-9-20-21(22(10-17)28(31,32)33)13-39(25(20)40)19-6-3-5-18(11-19)23(24-36-35-16-37(24)2)38-14-27(29,30)15-38/h3,5-6,9-11,16,23,34H,4,7-8,12-15H2,1-2H3. The molecule has 0 radical (unpaired) electrons. The fourth-order valence-electron chi connectivity index (χ4n) is 5.89. The number of alkyl halides is 5. The van der Waals surface area contributed by atoms with Crippen LogP contribution in [0.25, 0.3) is 0 Å². The number of aromatic nitrogens is 3. The monoisotopic (exact) mass is 560 g/mol. The Kier molecular flexibility index (Phi) is 6.26. The molecule has 0 bridgehead atoms. The van der Waals surface area contributed by atoms with Crippen LogP contribution in [0, 0.1) is 0 Å². The lowest BCUT2D eigenvalue weighted by molar-refractivity contribution is -0.142. The maximum Gasteiger partial charge on any atom is 0.416 e. The van der Waals surface area contributed by atoms with Crippen molar-refractivity contribution in [3.05, 3.63) is 76.4 Å². The van der Waals surface area contributed by atoms with Gasteiger partial charge in [-0.3, -0.25) is 9.69 Å². The number of halogens is 5. The fraction of sp³-hybridized carbons (Fsp3) is 0.464. The summed E-state index contributed by atoms with van der Waals surface area (Å²) >= 11 is 0. The Morgan fingerprint density at radius 2 is 1.88 bits per heavy atom. The molecule has 3 aromatic rings. The first-order valence-corrected chi connectivity index (χ1v) is 13.2. The number of amides is 1. The van der Waals surface area contributed by atoms with Crippen LogP contribution in [0.1, 0.15) is 70.7 Å². The molecule has 2 aliphatic heterocycles. The summed E-state index contributed by atoms with van der Waals surface area (Å²) in [5.41, 5.74) is 0.428. The second kappa shape index (κ2) is 9.34. The highest BCUT2D eigenvalue weighted by molar-refractivity contribution is 6.10. The van der Waals surface area contributed by atoms with Crippen LogP contribution in [0.5, 0.6) is 0 Å². The van der Waals surface area contributed by atoms with Gasteiger partial charge in [-0.05, 0) is 67.1 Å². The number of nitrogens with one attached hydrogen (secondary N) is 1. The molecule has 212 valence electrons. The second-order valence-electron chi connectivity index (χ2n) is 11.4. The number of benzene rings is 2. The zero-order chi connectivity index (χ0) is 28.4.